The molecule has 1 rings (SSSR count). The topological polar surface area (TPSA) is 79.2 Å². The summed E-state index contributed by atoms with van der Waals surface area (Å²) >= 11 is 0. The van der Waals surface area contributed by atoms with Gasteiger partial charge in [0.15, 0.2) is 0 Å². The Hall–Kier alpha value is -0.460. The molecule has 0 bridgehead atoms. The van der Waals surface area contributed by atoms with Crippen molar-refractivity contribution >= 4 is 0 Å². The van der Waals surface area contributed by atoms with Gasteiger partial charge in [-0.05, 0) is 12.8 Å². The molecule has 0 spiro atoms. The van der Waals surface area contributed by atoms with Crippen LogP contribution in [0.2, 0.25) is 0 Å². The molecule has 4 atom stereocenters. The predicted molar refractivity (Wildman–Crippen MR) is 113 cm³/mol. The Morgan fingerprint density at radius 2 is 1.46 bits per heavy atom. The Balaban J connectivity index is 1.81. The number of unbranched alkanes of at least 4 members (excludes halogenated alkanes) is 12. The molecule has 5 heteroatoms. The van der Waals surface area contributed by atoms with Crippen LogP contribution in [0, 0.1) is 0 Å². The fourth-order valence-electron chi connectivity index (χ4n) is 3.61. The zero-order valence-corrected chi connectivity index (χ0v) is 17.9. The lowest BCUT2D eigenvalue weighted by molar-refractivity contribution is -0.0782. The third-order valence-electron chi connectivity index (χ3n) is 5.46. The lowest BCUT2D eigenvalue weighted by Gasteiger charge is -2.20. The highest BCUT2D eigenvalue weighted by Gasteiger charge is 2.39. The van der Waals surface area contributed by atoms with Crippen molar-refractivity contribution in [2.45, 2.75) is 115 Å². The Bertz CT molecular complexity index is 374. The average Bonchev–Trinajstić information content (AvgIpc) is 3.03. The highest BCUT2D eigenvalue weighted by Crippen LogP contribution is 2.17. The van der Waals surface area contributed by atoms with E-state index in [2.05, 4.69) is 13.0 Å². The molecular formula is C23H44O5. The zero-order chi connectivity index (χ0) is 20.5. The molecule has 166 valence electrons. The predicted octanol–water partition coefficient (Wildman–Crippen LogP) is 4.13. The first kappa shape index (κ1) is 25.6. The molecule has 0 aromatic rings. The van der Waals surface area contributed by atoms with E-state index >= 15 is 0 Å². The number of ether oxygens (including phenoxy) is 2. The van der Waals surface area contributed by atoms with E-state index in [0.29, 0.717) is 6.61 Å². The molecule has 28 heavy (non-hydrogen) atoms. The molecule has 0 radical (unpaired) electrons. The normalized spacial score (nSPS) is 23.6. The van der Waals surface area contributed by atoms with Crippen molar-refractivity contribution in [1.82, 2.24) is 0 Å². The van der Waals surface area contributed by atoms with Gasteiger partial charge in [0.25, 0.3) is 0 Å². The van der Waals surface area contributed by atoms with E-state index in [-0.39, 0.29) is 13.2 Å². The van der Waals surface area contributed by atoms with Crippen molar-refractivity contribution in [3.8, 4) is 0 Å². The fraction of sp³-hybridized carbons (Fsp3) is 0.913. The van der Waals surface area contributed by atoms with Crippen LogP contribution in [-0.2, 0) is 9.47 Å². The van der Waals surface area contributed by atoms with E-state index < -0.39 is 24.4 Å². The number of rotatable bonds is 18. The van der Waals surface area contributed by atoms with Crippen molar-refractivity contribution in [2.75, 3.05) is 19.8 Å². The summed E-state index contributed by atoms with van der Waals surface area (Å²) in [5.41, 5.74) is 0. The van der Waals surface area contributed by atoms with Gasteiger partial charge in [0.05, 0.1) is 19.8 Å². The Morgan fingerprint density at radius 3 is 2.00 bits per heavy atom. The second kappa shape index (κ2) is 17.4. The van der Waals surface area contributed by atoms with Crippen molar-refractivity contribution < 1.29 is 24.8 Å². The van der Waals surface area contributed by atoms with Crippen LogP contribution in [-0.4, -0.2) is 59.6 Å². The summed E-state index contributed by atoms with van der Waals surface area (Å²) < 4.78 is 10.6. The van der Waals surface area contributed by atoms with Crippen LogP contribution in [0.15, 0.2) is 12.2 Å². The third-order valence-corrected chi connectivity index (χ3v) is 5.46. The highest BCUT2D eigenvalue weighted by molar-refractivity contribution is 4.88. The van der Waals surface area contributed by atoms with Crippen molar-refractivity contribution in [3.63, 3.8) is 0 Å². The first-order valence-electron chi connectivity index (χ1n) is 11.5. The van der Waals surface area contributed by atoms with E-state index in [1.165, 1.54) is 77.0 Å². The van der Waals surface area contributed by atoms with Gasteiger partial charge >= 0.3 is 0 Å². The molecule has 0 amide bonds. The minimum atomic E-state index is -1.04. The number of allylic oxidation sites excluding steroid dienone is 1. The summed E-state index contributed by atoms with van der Waals surface area (Å²) in [6.07, 6.45) is 17.9. The van der Waals surface area contributed by atoms with Gasteiger partial charge in [0.2, 0.25) is 0 Å². The zero-order valence-electron chi connectivity index (χ0n) is 17.9. The molecule has 0 aliphatic carbocycles. The molecule has 1 aliphatic heterocycles. The monoisotopic (exact) mass is 400 g/mol. The molecule has 1 heterocycles. The molecule has 1 aliphatic rings. The summed E-state index contributed by atoms with van der Waals surface area (Å²) in [4.78, 5) is 0. The largest absolute Gasteiger partial charge is 0.388 e. The highest BCUT2D eigenvalue weighted by atomic mass is 16.5. The Labute approximate surface area is 172 Å². The second-order valence-electron chi connectivity index (χ2n) is 8.11. The molecule has 1 fully saturated rings. The molecule has 5 nitrogen and oxygen atoms in total. The minimum absolute atomic E-state index is 0.0574. The summed E-state index contributed by atoms with van der Waals surface area (Å²) in [6.45, 7) is 2.86. The fourth-order valence-corrected chi connectivity index (χ4v) is 3.61. The van der Waals surface area contributed by atoms with Crippen LogP contribution in [0.25, 0.3) is 0 Å². The lowest BCUT2D eigenvalue weighted by Crippen LogP contribution is -2.40. The molecule has 3 N–H and O–H groups in total. The van der Waals surface area contributed by atoms with Gasteiger partial charge in [-0.2, -0.15) is 0 Å². The number of hydrogen-bond donors (Lipinski definition) is 3. The van der Waals surface area contributed by atoms with E-state index in [4.69, 9.17) is 9.47 Å². The molecule has 1 saturated heterocycles. The first-order chi connectivity index (χ1) is 13.7. The summed E-state index contributed by atoms with van der Waals surface area (Å²) in [5, 5.41) is 29.0. The van der Waals surface area contributed by atoms with Crippen LogP contribution in [0.1, 0.15) is 90.4 Å². The van der Waals surface area contributed by atoms with Gasteiger partial charge in [-0.3, -0.25) is 0 Å². The third kappa shape index (κ3) is 12.2. The minimum Gasteiger partial charge on any atom is -0.388 e. The van der Waals surface area contributed by atoms with Crippen LogP contribution >= 0.6 is 0 Å². The second-order valence-corrected chi connectivity index (χ2v) is 8.11. The van der Waals surface area contributed by atoms with Crippen LogP contribution in [0.5, 0.6) is 0 Å². The van der Waals surface area contributed by atoms with E-state index in [9.17, 15) is 15.3 Å². The molecule has 0 saturated carbocycles. The van der Waals surface area contributed by atoms with E-state index in [1.54, 1.807) is 0 Å². The maximum atomic E-state index is 9.92. The standard InChI is InChI=1S/C23H44O5/c1-2-3-4-5-6-7-8-9-10-11-12-13-14-15-16-17-27-18-21(25)23-22(26)20(24)19-28-23/h15-16,20-26H,2-14,17-19H2,1H3/b16-15+/t20-,21+,22-,23-/m1/s1. The molecule has 0 aromatic heterocycles. The number of hydrogen-bond acceptors (Lipinski definition) is 5. The first-order valence-corrected chi connectivity index (χ1v) is 11.5. The maximum absolute atomic E-state index is 9.92. The number of aliphatic hydroxyl groups is 3. The molecule has 0 unspecified atom stereocenters. The Kier molecular flexibility index (Phi) is 15.9. The SMILES string of the molecule is CCCCCCCCCCCCCC/C=C/COC[C@H](O)[C@H]1OC[C@@H](O)[C@H]1O. The summed E-state index contributed by atoms with van der Waals surface area (Å²) in [6, 6.07) is 0. The Morgan fingerprint density at radius 1 is 0.893 bits per heavy atom. The molecular weight excluding hydrogens is 356 g/mol. The van der Waals surface area contributed by atoms with Crippen LogP contribution < -0.4 is 0 Å². The van der Waals surface area contributed by atoms with E-state index in [0.717, 1.165) is 6.42 Å². The lowest BCUT2D eigenvalue weighted by atomic mass is 10.0. The molecule has 0 aromatic carbocycles. The van der Waals surface area contributed by atoms with Crippen molar-refractivity contribution in [2.24, 2.45) is 0 Å². The van der Waals surface area contributed by atoms with Gasteiger partial charge in [0.1, 0.15) is 24.4 Å². The smallest absolute Gasteiger partial charge is 0.114 e. The van der Waals surface area contributed by atoms with Gasteiger partial charge < -0.3 is 24.8 Å². The van der Waals surface area contributed by atoms with Gasteiger partial charge in [0, 0.05) is 0 Å². The van der Waals surface area contributed by atoms with Crippen molar-refractivity contribution in [3.05, 3.63) is 12.2 Å². The average molecular weight is 401 g/mol. The quantitative estimate of drug-likeness (QED) is 0.238. The van der Waals surface area contributed by atoms with Gasteiger partial charge in [-0.1, -0.05) is 89.7 Å². The van der Waals surface area contributed by atoms with Gasteiger partial charge in [-0.15, -0.1) is 0 Å². The summed E-state index contributed by atoms with van der Waals surface area (Å²) in [7, 11) is 0. The maximum Gasteiger partial charge on any atom is 0.114 e. The van der Waals surface area contributed by atoms with Crippen LogP contribution in [0.3, 0.4) is 0 Å². The van der Waals surface area contributed by atoms with E-state index in [1.807, 2.05) is 6.08 Å². The van der Waals surface area contributed by atoms with Crippen molar-refractivity contribution in [1.29, 1.82) is 0 Å². The number of aliphatic hydroxyl groups excluding tert-OH is 3. The van der Waals surface area contributed by atoms with Gasteiger partial charge in [-0.25, -0.2) is 0 Å². The van der Waals surface area contributed by atoms with Crippen LogP contribution in [0.4, 0.5) is 0 Å². The summed E-state index contributed by atoms with van der Waals surface area (Å²) in [5.74, 6) is 0.